The molecule has 0 bridgehead atoms. The number of carbonyl (C=O) groups excluding carboxylic acids is 2. The molecule has 2 N–H and O–H groups in total. The lowest BCUT2D eigenvalue weighted by Crippen LogP contribution is -2.46. The highest BCUT2D eigenvalue weighted by Gasteiger charge is 2.30. The van der Waals surface area contributed by atoms with E-state index in [0.717, 1.165) is 0 Å². The smallest absolute Gasteiger partial charge is 0.251 e. The van der Waals surface area contributed by atoms with E-state index < -0.39 is 10.0 Å². The standard InChI is InChI=1S/C21H25N3O5S/c1-15(25)22-17-6-8-20(9-7-17)30(27,28)24-12-10-18(11-13-24)23-21(26)16-4-3-5-19(14-16)29-2/h3-9,14,18H,10-13H2,1-2H3,(H,22,25)(H,23,26). The first-order chi connectivity index (χ1) is 14.3. The Labute approximate surface area is 176 Å². The maximum Gasteiger partial charge on any atom is 0.251 e. The zero-order chi connectivity index (χ0) is 21.7. The Morgan fingerprint density at radius 1 is 1.07 bits per heavy atom. The van der Waals surface area contributed by atoms with Gasteiger partial charge in [0, 0.05) is 37.3 Å². The number of sulfonamides is 1. The molecule has 0 atom stereocenters. The second-order valence-electron chi connectivity index (χ2n) is 7.09. The molecular weight excluding hydrogens is 406 g/mol. The summed E-state index contributed by atoms with van der Waals surface area (Å²) in [6, 6.07) is 12.9. The summed E-state index contributed by atoms with van der Waals surface area (Å²) < 4.78 is 32.3. The van der Waals surface area contributed by atoms with Crippen molar-refractivity contribution in [2.24, 2.45) is 0 Å². The minimum atomic E-state index is -3.63. The van der Waals surface area contributed by atoms with Crippen LogP contribution in [-0.4, -0.2) is 50.8 Å². The third-order valence-electron chi connectivity index (χ3n) is 4.93. The van der Waals surface area contributed by atoms with Crippen molar-refractivity contribution in [3.05, 3.63) is 54.1 Å². The Morgan fingerprint density at radius 3 is 2.33 bits per heavy atom. The molecule has 0 unspecified atom stereocenters. The first-order valence-electron chi connectivity index (χ1n) is 9.62. The third-order valence-corrected chi connectivity index (χ3v) is 6.85. The molecule has 9 heteroatoms. The predicted octanol–water partition coefficient (Wildman–Crippen LogP) is 2.24. The van der Waals surface area contributed by atoms with Crippen molar-refractivity contribution in [2.45, 2.75) is 30.7 Å². The van der Waals surface area contributed by atoms with E-state index in [0.29, 0.717) is 42.9 Å². The Kier molecular flexibility index (Phi) is 6.73. The lowest BCUT2D eigenvalue weighted by molar-refractivity contribution is -0.114. The van der Waals surface area contributed by atoms with Gasteiger partial charge in [0.2, 0.25) is 15.9 Å². The van der Waals surface area contributed by atoms with E-state index in [2.05, 4.69) is 10.6 Å². The molecule has 2 aromatic rings. The number of nitrogens with zero attached hydrogens (tertiary/aromatic N) is 1. The fourth-order valence-electron chi connectivity index (χ4n) is 3.34. The summed E-state index contributed by atoms with van der Waals surface area (Å²) in [5.74, 6) is 0.181. The number of nitrogens with one attached hydrogen (secondary N) is 2. The van der Waals surface area contributed by atoms with Gasteiger partial charge in [0.1, 0.15) is 5.75 Å². The molecule has 0 spiro atoms. The number of methoxy groups -OCH3 is 1. The molecule has 1 aliphatic heterocycles. The Morgan fingerprint density at radius 2 is 1.73 bits per heavy atom. The molecular formula is C21H25N3O5S. The topological polar surface area (TPSA) is 105 Å². The van der Waals surface area contributed by atoms with Crippen molar-refractivity contribution in [3.63, 3.8) is 0 Å². The Balaban J connectivity index is 1.58. The Hall–Kier alpha value is -2.91. The van der Waals surface area contributed by atoms with Gasteiger partial charge in [0.05, 0.1) is 12.0 Å². The fourth-order valence-corrected chi connectivity index (χ4v) is 4.81. The summed E-state index contributed by atoms with van der Waals surface area (Å²) in [7, 11) is -2.09. The SMILES string of the molecule is COc1cccc(C(=O)NC2CCN(S(=O)(=O)c3ccc(NC(C)=O)cc3)CC2)c1. The molecule has 2 aromatic carbocycles. The number of hydrogen-bond donors (Lipinski definition) is 2. The van der Waals surface area contributed by atoms with Crippen molar-refractivity contribution >= 4 is 27.5 Å². The minimum absolute atomic E-state index is 0.0997. The van der Waals surface area contributed by atoms with Gasteiger partial charge >= 0.3 is 0 Å². The number of piperidine rings is 1. The molecule has 8 nitrogen and oxygen atoms in total. The van der Waals surface area contributed by atoms with Crippen LogP contribution in [0.5, 0.6) is 5.75 Å². The molecule has 1 fully saturated rings. The fraction of sp³-hybridized carbons (Fsp3) is 0.333. The molecule has 0 radical (unpaired) electrons. The normalized spacial score (nSPS) is 15.4. The average Bonchev–Trinajstić information content (AvgIpc) is 2.74. The van der Waals surface area contributed by atoms with Gasteiger partial charge < -0.3 is 15.4 Å². The van der Waals surface area contributed by atoms with Crippen molar-refractivity contribution in [2.75, 3.05) is 25.5 Å². The van der Waals surface area contributed by atoms with Gasteiger partial charge in [0.25, 0.3) is 5.91 Å². The van der Waals surface area contributed by atoms with E-state index in [1.165, 1.54) is 23.4 Å². The summed E-state index contributed by atoms with van der Waals surface area (Å²) in [6.07, 6.45) is 1.05. The highest BCUT2D eigenvalue weighted by atomic mass is 32.2. The first-order valence-corrected chi connectivity index (χ1v) is 11.1. The van der Waals surface area contributed by atoms with Gasteiger partial charge in [0.15, 0.2) is 0 Å². The second-order valence-corrected chi connectivity index (χ2v) is 9.03. The molecule has 0 aromatic heterocycles. The first kappa shape index (κ1) is 21.8. The molecule has 1 aliphatic rings. The average molecular weight is 432 g/mol. The zero-order valence-corrected chi connectivity index (χ0v) is 17.7. The highest BCUT2D eigenvalue weighted by Crippen LogP contribution is 2.23. The van der Waals surface area contributed by atoms with E-state index in [1.54, 1.807) is 43.5 Å². The van der Waals surface area contributed by atoms with Crippen LogP contribution in [0.2, 0.25) is 0 Å². The van der Waals surface area contributed by atoms with E-state index in [9.17, 15) is 18.0 Å². The van der Waals surface area contributed by atoms with Gasteiger partial charge in [-0.1, -0.05) is 6.07 Å². The van der Waals surface area contributed by atoms with Gasteiger partial charge in [-0.25, -0.2) is 8.42 Å². The molecule has 1 saturated heterocycles. The van der Waals surface area contributed by atoms with Crippen LogP contribution < -0.4 is 15.4 Å². The van der Waals surface area contributed by atoms with E-state index in [-0.39, 0.29) is 22.8 Å². The van der Waals surface area contributed by atoms with E-state index in [4.69, 9.17) is 4.74 Å². The Bertz CT molecular complexity index is 1010. The van der Waals surface area contributed by atoms with Crippen molar-refractivity contribution in [1.82, 2.24) is 9.62 Å². The van der Waals surface area contributed by atoms with Crippen LogP contribution in [0, 0.1) is 0 Å². The number of anilines is 1. The quantitative estimate of drug-likeness (QED) is 0.730. The van der Waals surface area contributed by atoms with E-state index >= 15 is 0 Å². The summed E-state index contributed by atoms with van der Waals surface area (Å²) in [4.78, 5) is 23.7. The highest BCUT2D eigenvalue weighted by molar-refractivity contribution is 7.89. The van der Waals surface area contributed by atoms with Crippen molar-refractivity contribution in [3.8, 4) is 5.75 Å². The van der Waals surface area contributed by atoms with Gasteiger partial charge in [-0.05, 0) is 55.3 Å². The third kappa shape index (κ3) is 5.17. The molecule has 3 rings (SSSR count). The lowest BCUT2D eigenvalue weighted by atomic mass is 10.1. The summed E-state index contributed by atoms with van der Waals surface area (Å²) in [6.45, 7) is 2.03. The number of rotatable bonds is 6. The maximum atomic E-state index is 12.9. The van der Waals surface area contributed by atoms with Crippen LogP contribution in [0.4, 0.5) is 5.69 Å². The summed E-state index contributed by atoms with van der Waals surface area (Å²) in [5, 5.41) is 5.58. The zero-order valence-electron chi connectivity index (χ0n) is 16.9. The number of carbonyl (C=O) groups is 2. The van der Waals surface area contributed by atoms with Crippen molar-refractivity contribution in [1.29, 1.82) is 0 Å². The minimum Gasteiger partial charge on any atom is -0.497 e. The molecule has 30 heavy (non-hydrogen) atoms. The molecule has 160 valence electrons. The molecule has 0 aliphatic carbocycles. The monoisotopic (exact) mass is 431 g/mol. The summed E-state index contributed by atoms with van der Waals surface area (Å²) >= 11 is 0. The summed E-state index contributed by atoms with van der Waals surface area (Å²) in [5.41, 5.74) is 1.05. The van der Waals surface area contributed by atoms with Crippen LogP contribution in [0.15, 0.2) is 53.4 Å². The largest absolute Gasteiger partial charge is 0.497 e. The van der Waals surface area contributed by atoms with Crippen LogP contribution in [0.1, 0.15) is 30.1 Å². The van der Waals surface area contributed by atoms with Crippen LogP contribution in [0.25, 0.3) is 0 Å². The van der Waals surface area contributed by atoms with Crippen LogP contribution >= 0.6 is 0 Å². The lowest BCUT2D eigenvalue weighted by Gasteiger charge is -2.31. The van der Waals surface area contributed by atoms with Gasteiger partial charge in [-0.3, -0.25) is 9.59 Å². The van der Waals surface area contributed by atoms with Gasteiger partial charge in [-0.2, -0.15) is 4.31 Å². The van der Waals surface area contributed by atoms with Crippen LogP contribution in [0.3, 0.4) is 0 Å². The second kappa shape index (κ2) is 9.27. The van der Waals surface area contributed by atoms with Crippen molar-refractivity contribution < 1.29 is 22.7 Å². The van der Waals surface area contributed by atoms with Crippen LogP contribution in [-0.2, 0) is 14.8 Å². The number of ether oxygens (including phenoxy) is 1. The number of benzene rings is 2. The molecule has 2 amide bonds. The predicted molar refractivity (Wildman–Crippen MR) is 113 cm³/mol. The number of hydrogen-bond acceptors (Lipinski definition) is 5. The molecule has 1 heterocycles. The maximum absolute atomic E-state index is 12.9. The van der Waals surface area contributed by atoms with E-state index in [1.807, 2.05) is 0 Å². The number of amides is 2. The molecule has 0 saturated carbocycles. The van der Waals surface area contributed by atoms with Gasteiger partial charge in [-0.15, -0.1) is 0 Å².